The van der Waals surface area contributed by atoms with Crippen molar-refractivity contribution in [3.63, 3.8) is 0 Å². The van der Waals surface area contributed by atoms with E-state index in [0.717, 1.165) is 43.5 Å². The van der Waals surface area contributed by atoms with Crippen LogP contribution in [0, 0.1) is 17.2 Å². The van der Waals surface area contributed by atoms with Gasteiger partial charge < -0.3 is 14.8 Å². The summed E-state index contributed by atoms with van der Waals surface area (Å²) in [6.45, 7) is 3.42. The highest BCUT2D eigenvalue weighted by molar-refractivity contribution is 5.28. The lowest BCUT2D eigenvalue weighted by Gasteiger charge is -2.07. The van der Waals surface area contributed by atoms with Crippen LogP contribution in [0.5, 0.6) is 5.75 Å². The number of hydrogen-bond donors (Lipinski definition) is 1. The van der Waals surface area contributed by atoms with Crippen molar-refractivity contribution in [1.82, 2.24) is 5.32 Å². The van der Waals surface area contributed by atoms with Gasteiger partial charge in [0.2, 0.25) is 0 Å². The molecule has 1 aromatic rings. The first-order valence-electron chi connectivity index (χ1n) is 6.75. The first-order valence-corrected chi connectivity index (χ1v) is 6.75. The Morgan fingerprint density at radius 1 is 1.37 bits per heavy atom. The van der Waals surface area contributed by atoms with E-state index >= 15 is 0 Å². The Morgan fingerprint density at radius 2 is 2.26 bits per heavy atom. The molecule has 0 spiro atoms. The van der Waals surface area contributed by atoms with E-state index in [-0.39, 0.29) is 6.61 Å². The van der Waals surface area contributed by atoms with Gasteiger partial charge in [0.15, 0.2) is 6.61 Å². The van der Waals surface area contributed by atoms with Gasteiger partial charge in [-0.3, -0.25) is 0 Å². The summed E-state index contributed by atoms with van der Waals surface area (Å²) >= 11 is 0. The van der Waals surface area contributed by atoms with Crippen molar-refractivity contribution in [3.05, 3.63) is 29.8 Å². The number of nitrogens with zero attached hydrogens (tertiary/aromatic N) is 1. The fraction of sp³-hybridized carbons (Fsp3) is 0.533. The van der Waals surface area contributed by atoms with Crippen molar-refractivity contribution in [3.8, 4) is 11.8 Å². The van der Waals surface area contributed by atoms with Crippen molar-refractivity contribution >= 4 is 0 Å². The quantitative estimate of drug-likeness (QED) is 0.691. The molecule has 1 aromatic carbocycles. The van der Waals surface area contributed by atoms with Gasteiger partial charge in [0.1, 0.15) is 11.8 Å². The molecule has 1 aliphatic carbocycles. The standard InChI is InChI=1S/C15H20N2O2/c16-6-8-19-15-3-1-2-14(10-15)11-17-7-9-18-12-13-4-5-13/h1-3,10,13,17H,4-5,7-9,11-12H2. The zero-order chi connectivity index (χ0) is 13.3. The molecule has 0 aliphatic heterocycles. The summed E-state index contributed by atoms with van der Waals surface area (Å²) in [5.74, 6) is 1.57. The molecule has 1 saturated carbocycles. The molecule has 0 radical (unpaired) electrons. The summed E-state index contributed by atoms with van der Waals surface area (Å²) in [7, 11) is 0. The summed E-state index contributed by atoms with van der Waals surface area (Å²) in [5.41, 5.74) is 1.15. The lowest BCUT2D eigenvalue weighted by atomic mass is 10.2. The second kappa shape index (κ2) is 7.78. The predicted molar refractivity (Wildman–Crippen MR) is 72.8 cm³/mol. The third kappa shape index (κ3) is 5.73. The Kier molecular flexibility index (Phi) is 5.67. The average molecular weight is 260 g/mol. The maximum Gasteiger partial charge on any atom is 0.174 e. The van der Waals surface area contributed by atoms with Gasteiger partial charge in [-0.1, -0.05) is 12.1 Å². The fourth-order valence-electron chi connectivity index (χ4n) is 1.77. The van der Waals surface area contributed by atoms with E-state index in [0.29, 0.717) is 0 Å². The third-order valence-corrected chi connectivity index (χ3v) is 3.00. The molecule has 0 atom stereocenters. The molecule has 19 heavy (non-hydrogen) atoms. The van der Waals surface area contributed by atoms with Gasteiger partial charge in [0, 0.05) is 19.7 Å². The zero-order valence-corrected chi connectivity index (χ0v) is 11.1. The Morgan fingerprint density at radius 3 is 3.05 bits per heavy atom. The second-order valence-corrected chi connectivity index (χ2v) is 4.79. The molecular formula is C15H20N2O2. The molecule has 4 nitrogen and oxygen atoms in total. The number of hydrogen-bond acceptors (Lipinski definition) is 4. The largest absolute Gasteiger partial charge is 0.479 e. The molecule has 0 bridgehead atoms. The van der Waals surface area contributed by atoms with Gasteiger partial charge in [-0.25, -0.2) is 0 Å². The van der Waals surface area contributed by atoms with Crippen molar-refractivity contribution in [1.29, 1.82) is 5.26 Å². The highest BCUT2D eigenvalue weighted by atomic mass is 16.5. The average Bonchev–Trinajstić information content (AvgIpc) is 3.25. The van der Waals surface area contributed by atoms with E-state index in [4.69, 9.17) is 14.7 Å². The molecule has 0 saturated heterocycles. The van der Waals surface area contributed by atoms with Crippen LogP contribution >= 0.6 is 0 Å². The van der Waals surface area contributed by atoms with Crippen LogP contribution in [0.25, 0.3) is 0 Å². The van der Waals surface area contributed by atoms with Crippen molar-refractivity contribution in [2.24, 2.45) is 5.92 Å². The van der Waals surface area contributed by atoms with Crippen LogP contribution in [0.2, 0.25) is 0 Å². The SMILES string of the molecule is N#CCOc1cccc(CNCCOCC2CC2)c1. The third-order valence-electron chi connectivity index (χ3n) is 3.00. The normalized spacial score (nSPS) is 14.1. The minimum Gasteiger partial charge on any atom is -0.479 e. The number of benzene rings is 1. The Labute approximate surface area is 114 Å². The summed E-state index contributed by atoms with van der Waals surface area (Å²) in [5, 5.41) is 11.8. The van der Waals surface area contributed by atoms with Gasteiger partial charge in [-0.05, 0) is 36.5 Å². The lowest BCUT2D eigenvalue weighted by molar-refractivity contribution is 0.126. The monoisotopic (exact) mass is 260 g/mol. The maximum atomic E-state index is 8.46. The number of rotatable bonds is 9. The molecule has 1 N–H and O–H groups in total. The summed E-state index contributed by atoms with van der Waals surface area (Å²) in [4.78, 5) is 0. The highest BCUT2D eigenvalue weighted by Crippen LogP contribution is 2.28. The lowest BCUT2D eigenvalue weighted by Crippen LogP contribution is -2.19. The van der Waals surface area contributed by atoms with Crippen LogP contribution in [0.3, 0.4) is 0 Å². The number of nitrogens with one attached hydrogen (secondary N) is 1. The summed E-state index contributed by atoms with van der Waals surface area (Å²) in [6, 6.07) is 9.75. The fourth-order valence-corrected chi connectivity index (χ4v) is 1.77. The van der Waals surface area contributed by atoms with Crippen LogP contribution < -0.4 is 10.1 Å². The molecule has 0 amide bonds. The topological polar surface area (TPSA) is 54.3 Å². The van der Waals surface area contributed by atoms with E-state index in [9.17, 15) is 0 Å². The van der Waals surface area contributed by atoms with Gasteiger partial charge in [-0.2, -0.15) is 5.26 Å². The molecular weight excluding hydrogens is 240 g/mol. The zero-order valence-electron chi connectivity index (χ0n) is 11.1. The Bertz CT molecular complexity index is 424. The van der Waals surface area contributed by atoms with Gasteiger partial charge in [-0.15, -0.1) is 0 Å². The molecule has 0 unspecified atom stereocenters. The number of nitriles is 1. The Hall–Kier alpha value is -1.57. The van der Waals surface area contributed by atoms with E-state index < -0.39 is 0 Å². The first-order chi connectivity index (χ1) is 9.38. The van der Waals surface area contributed by atoms with Crippen LogP contribution in [0.4, 0.5) is 0 Å². The van der Waals surface area contributed by atoms with Gasteiger partial charge in [0.05, 0.1) is 6.61 Å². The minimum absolute atomic E-state index is 0.0892. The molecule has 0 heterocycles. The molecule has 1 fully saturated rings. The van der Waals surface area contributed by atoms with E-state index in [2.05, 4.69) is 5.32 Å². The smallest absolute Gasteiger partial charge is 0.174 e. The van der Waals surface area contributed by atoms with Gasteiger partial charge in [0.25, 0.3) is 0 Å². The molecule has 4 heteroatoms. The number of ether oxygens (including phenoxy) is 2. The Balaban J connectivity index is 1.60. The maximum absolute atomic E-state index is 8.46. The van der Waals surface area contributed by atoms with E-state index in [1.165, 1.54) is 12.8 Å². The van der Waals surface area contributed by atoms with Gasteiger partial charge >= 0.3 is 0 Å². The van der Waals surface area contributed by atoms with Crippen LogP contribution in [-0.2, 0) is 11.3 Å². The van der Waals surface area contributed by atoms with Crippen molar-refractivity contribution in [2.45, 2.75) is 19.4 Å². The molecule has 1 aliphatic rings. The van der Waals surface area contributed by atoms with Crippen molar-refractivity contribution < 1.29 is 9.47 Å². The summed E-state index contributed by atoms with van der Waals surface area (Å²) < 4.78 is 10.8. The van der Waals surface area contributed by atoms with Crippen LogP contribution in [0.1, 0.15) is 18.4 Å². The molecule has 102 valence electrons. The first kappa shape index (κ1) is 13.9. The van der Waals surface area contributed by atoms with Crippen LogP contribution in [0.15, 0.2) is 24.3 Å². The second-order valence-electron chi connectivity index (χ2n) is 4.79. The molecule has 0 aromatic heterocycles. The van der Waals surface area contributed by atoms with E-state index in [1.54, 1.807) is 0 Å². The highest BCUT2D eigenvalue weighted by Gasteiger charge is 2.20. The minimum atomic E-state index is 0.0892. The van der Waals surface area contributed by atoms with Crippen molar-refractivity contribution in [2.75, 3.05) is 26.4 Å². The molecule has 2 rings (SSSR count). The van der Waals surface area contributed by atoms with E-state index in [1.807, 2.05) is 30.3 Å². The predicted octanol–water partition coefficient (Wildman–Crippen LogP) is 2.11. The summed E-state index contributed by atoms with van der Waals surface area (Å²) in [6.07, 6.45) is 2.67. The van der Waals surface area contributed by atoms with Crippen LogP contribution in [-0.4, -0.2) is 26.4 Å².